The van der Waals surface area contributed by atoms with Gasteiger partial charge in [-0.3, -0.25) is 0 Å². The molecule has 2 amide bonds. The van der Waals surface area contributed by atoms with Crippen molar-refractivity contribution in [1.29, 1.82) is 0 Å². The number of methoxy groups -OCH3 is 2. The van der Waals surface area contributed by atoms with Crippen LogP contribution in [0.5, 0.6) is 11.5 Å². The summed E-state index contributed by atoms with van der Waals surface area (Å²) < 4.78 is 10.4. The zero-order valence-corrected chi connectivity index (χ0v) is 13.6. The van der Waals surface area contributed by atoms with Crippen LogP contribution in [0.4, 0.5) is 16.2 Å². The summed E-state index contributed by atoms with van der Waals surface area (Å²) in [5, 5.41) is 5.83. The minimum atomic E-state index is -0.347. The van der Waals surface area contributed by atoms with Crippen LogP contribution in [0, 0.1) is 0 Å². The molecule has 0 atom stereocenters. The van der Waals surface area contributed by atoms with Gasteiger partial charge in [0.15, 0.2) is 11.5 Å². The van der Waals surface area contributed by atoms with Gasteiger partial charge in [-0.25, -0.2) is 4.79 Å². The first-order valence-corrected chi connectivity index (χ1v) is 7.22. The predicted molar refractivity (Wildman–Crippen MR) is 91.3 cm³/mol. The van der Waals surface area contributed by atoms with Gasteiger partial charge in [0, 0.05) is 12.2 Å². The predicted octanol–water partition coefficient (Wildman–Crippen LogP) is 3.26. The third kappa shape index (κ3) is 4.43. The summed E-state index contributed by atoms with van der Waals surface area (Å²) in [7, 11) is 3.13. The molecule has 0 heterocycles. The number of halogens is 1. The molecule has 23 heavy (non-hydrogen) atoms. The number of benzene rings is 2. The summed E-state index contributed by atoms with van der Waals surface area (Å²) in [6.45, 7) is 0.342. The maximum atomic E-state index is 11.9. The van der Waals surface area contributed by atoms with Gasteiger partial charge < -0.3 is 25.8 Å². The van der Waals surface area contributed by atoms with Gasteiger partial charge in [-0.15, -0.1) is 0 Å². The molecule has 0 aromatic heterocycles. The fourth-order valence-electron chi connectivity index (χ4n) is 1.95. The van der Waals surface area contributed by atoms with Crippen molar-refractivity contribution >= 4 is 29.0 Å². The van der Waals surface area contributed by atoms with Crippen molar-refractivity contribution < 1.29 is 14.3 Å². The number of amides is 2. The van der Waals surface area contributed by atoms with Gasteiger partial charge in [0.05, 0.1) is 24.9 Å². The summed E-state index contributed by atoms with van der Waals surface area (Å²) in [5.74, 6) is 1.25. The number of nitrogens with one attached hydrogen (secondary N) is 2. The van der Waals surface area contributed by atoms with E-state index in [4.69, 9.17) is 26.8 Å². The minimum absolute atomic E-state index is 0.342. The number of nitrogen functional groups attached to an aromatic ring is 1. The highest BCUT2D eigenvalue weighted by Crippen LogP contribution is 2.27. The standard InChI is InChI=1S/C16H18ClN3O3/c1-22-14-6-3-10(7-15(14)23-2)9-19-16(21)20-11-4-5-13(18)12(17)8-11/h3-8H,9,18H2,1-2H3,(H2,19,20,21). The van der Waals surface area contributed by atoms with Crippen molar-refractivity contribution in [1.82, 2.24) is 5.32 Å². The van der Waals surface area contributed by atoms with E-state index in [1.165, 1.54) is 0 Å². The molecule has 4 N–H and O–H groups in total. The maximum absolute atomic E-state index is 11.9. The molecule has 0 fully saturated rings. The molecule has 0 aliphatic rings. The number of carbonyl (C=O) groups excluding carboxylic acids is 1. The summed E-state index contributed by atoms with van der Waals surface area (Å²) in [4.78, 5) is 11.9. The quantitative estimate of drug-likeness (QED) is 0.732. The topological polar surface area (TPSA) is 85.6 Å². The number of ether oxygens (including phenoxy) is 2. The highest BCUT2D eigenvalue weighted by atomic mass is 35.5. The number of hydrogen-bond donors (Lipinski definition) is 3. The van der Waals surface area contributed by atoms with E-state index >= 15 is 0 Å². The Balaban J connectivity index is 1.95. The Morgan fingerprint density at radius 3 is 2.52 bits per heavy atom. The van der Waals surface area contributed by atoms with E-state index in [1.54, 1.807) is 44.6 Å². The van der Waals surface area contributed by atoms with Crippen LogP contribution in [0.25, 0.3) is 0 Å². The van der Waals surface area contributed by atoms with Crippen molar-refractivity contribution in [3.63, 3.8) is 0 Å². The molecule has 0 bridgehead atoms. The van der Waals surface area contributed by atoms with E-state index in [0.29, 0.717) is 34.4 Å². The van der Waals surface area contributed by atoms with Crippen LogP contribution >= 0.6 is 11.6 Å². The van der Waals surface area contributed by atoms with Gasteiger partial charge in [-0.1, -0.05) is 17.7 Å². The molecule has 0 saturated heterocycles. The number of rotatable bonds is 5. The molecule has 0 saturated carbocycles. The molecule has 0 unspecified atom stereocenters. The van der Waals surface area contributed by atoms with Gasteiger partial charge in [0.1, 0.15) is 0 Å². The summed E-state index contributed by atoms with van der Waals surface area (Å²) in [5.41, 5.74) is 7.53. The fourth-order valence-corrected chi connectivity index (χ4v) is 2.13. The Morgan fingerprint density at radius 1 is 1.13 bits per heavy atom. The third-order valence-electron chi connectivity index (χ3n) is 3.16. The van der Waals surface area contributed by atoms with Gasteiger partial charge in [0.2, 0.25) is 0 Å². The smallest absolute Gasteiger partial charge is 0.319 e. The number of anilines is 2. The maximum Gasteiger partial charge on any atom is 0.319 e. The molecular weight excluding hydrogens is 318 g/mol. The Kier molecular flexibility index (Phi) is 5.54. The van der Waals surface area contributed by atoms with Crippen LogP contribution in [0.15, 0.2) is 36.4 Å². The Hall–Kier alpha value is -2.60. The Bertz CT molecular complexity index is 707. The first-order chi connectivity index (χ1) is 11.0. The summed E-state index contributed by atoms with van der Waals surface area (Å²) >= 11 is 5.91. The monoisotopic (exact) mass is 335 g/mol. The van der Waals surface area contributed by atoms with Gasteiger partial charge >= 0.3 is 6.03 Å². The normalized spacial score (nSPS) is 10.0. The van der Waals surface area contributed by atoms with Crippen LogP contribution in [0.1, 0.15) is 5.56 Å². The largest absolute Gasteiger partial charge is 0.493 e. The second-order valence-electron chi connectivity index (χ2n) is 4.73. The highest BCUT2D eigenvalue weighted by molar-refractivity contribution is 6.33. The molecule has 6 nitrogen and oxygen atoms in total. The number of urea groups is 1. The lowest BCUT2D eigenvalue weighted by Gasteiger charge is -2.11. The Labute approximate surface area is 139 Å². The molecule has 2 rings (SSSR count). The molecule has 0 radical (unpaired) electrons. The van der Waals surface area contributed by atoms with Crippen LogP contribution < -0.4 is 25.8 Å². The van der Waals surface area contributed by atoms with Crippen LogP contribution in [0.2, 0.25) is 5.02 Å². The van der Waals surface area contributed by atoms with E-state index in [-0.39, 0.29) is 6.03 Å². The van der Waals surface area contributed by atoms with Crippen LogP contribution in [-0.4, -0.2) is 20.3 Å². The lowest BCUT2D eigenvalue weighted by Crippen LogP contribution is -2.28. The van der Waals surface area contributed by atoms with E-state index in [2.05, 4.69) is 10.6 Å². The first kappa shape index (κ1) is 16.8. The lowest BCUT2D eigenvalue weighted by atomic mass is 10.2. The van der Waals surface area contributed by atoms with Crippen molar-refractivity contribution in [2.75, 3.05) is 25.3 Å². The number of carbonyl (C=O) groups is 1. The van der Waals surface area contributed by atoms with Crippen molar-refractivity contribution in [2.24, 2.45) is 0 Å². The van der Waals surface area contributed by atoms with E-state index in [1.807, 2.05) is 6.07 Å². The van der Waals surface area contributed by atoms with E-state index < -0.39 is 0 Å². The zero-order valence-electron chi connectivity index (χ0n) is 12.9. The molecular formula is C16H18ClN3O3. The van der Waals surface area contributed by atoms with E-state index in [0.717, 1.165) is 5.56 Å². The summed E-state index contributed by atoms with van der Waals surface area (Å²) in [6, 6.07) is 9.99. The Morgan fingerprint density at radius 2 is 1.87 bits per heavy atom. The van der Waals surface area contributed by atoms with Gasteiger partial charge in [-0.05, 0) is 35.9 Å². The highest BCUT2D eigenvalue weighted by Gasteiger charge is 2.07. The van der Waals surface area contributed by atoms with Crippen LogP contribution in [0.3, 0.4) is 0 Å². The lowest BCUT2D eigenvalue weighted by molar-refractivity contribution is 0.251. The average molecular weight is 336 g/mol. The average Bonchev–Trinajstić information content (AvgIpc) is 2.56. The number of nitrogens with two attached hydrogens (primary N) is 1. The minimum Gasteiger partial charge on any atom is -0.493 e. The number of hydrogen-bond acceptors (Lipinski definition) is 4. The molecule has 0 spiro atoms. The molecule has 2 aromatic rings. The van der Waals surface area contributed by atoms with Gasteiger partial charge in [0.25, 0.3) is 0 Å². The molecule has 0 aliphatic heterocycles. The first-order valence-electron chi connectivity index (χ1n) is 6.84. The second-order valence-corrected chi connectivity index (χ2v) is 5.14. The molecule has 7 heteroatoms. The third-order valence-corrected chi connectivity index (χ3v) is 3.49. The van der Waals surface area contributed by atoms with Crippen molar-refractivity contribution in [3.05, 3.63) is 47.0 Å². The van der Waals surface area contributed by atoms with Crippen molar-refractivity contribution in [2.45, 2.75) is 6.54 Å². The van der Waals surface area contributed by atoms with E-state index in [9.17, 15) is 4.79 Å². The molecule has 2 aromatic carbocycles. The fraction of sp³-hybridized carbons (Fsp3) is 0.188. The SMILES string of the molecule is COc1ccc(CNC(=O)Nc2ccc(N)c(Cl)c2)cc1OC. The van der Waals surface area contributed by atoms with Crippen LogP contribution in [-0.2, 0) is 6.54 Å². The van der Waals surface area contributed by atoms with Gasteiger partial charge in [-0.2, -0.15) is 0 Å². The molecule has 122 valence electrons. The van der Waals surface area contributed by atoms with Crippen molar-refractivity contribution in [3.8, 4) is 11.5 Å². The zero-order chi connectivity index (χ0) is 16.8. The summed E-state index contributed by atoms with van der Waals surface area (Å²) in [6.07, 6.45) is 0. The second kappa shape index (κ2) is 7.60. The molecule has 0 aliphatic carbocycles.